The van der Waals surface area contributed by atoms with Crippen LogP contribution in [0.2, 0.25) is 5.02 Å². The number of benzene rings is 1. The second-order valence-electron chi connectivity index (χ2n) is 5.53. The van der Waals surface area contributed by atoms with E-state index in [-0.39, 0.29) is 17.8 Å². The van der Waals surface area contributed by atoms with Crippen LogP contribution < -0.4 is 5.32 Å². The van der Waals surface area contributed by atoms with Crippen molar-refractivity contribution in [3.63, 3.8) is 0 Å². The number of hydrogen-bond donors (Lipinski definition) is 1. The van der Waals surface area contributed by atoms with E-state index in [0.29, 0.717) is 29.5 Å². The predicted octanol–water partition coefficient (Wildman–Crippen LogP) is 3.07. The fourth-order valence-corrected chi connectivity index (χ4v) is 2.11. The summed E-state index contributed by atoms with van der Waals surface area (Å²) in [6, 6.07) is 4.26. The van der Waals surface area contributed by atoms with Crippen molar-refractivity contribution >= 4 is 17.5 Å². The summed E-state index contributed by atoms with van der Waals surface area (Å²) in [4.78, 5) is 13.6. The van der Waals surface area contributed by atoms with E-state index >= 15 is 0 Å². The maximum atomic E-state index is 13.7. The quantitative estimate of drug-likeness (QED) is 0.875. The molecule has 1 N–H and O–H groups in total. The molecule has 112 valence electrons. The van der Waals surface area contributed by atoms with Crippen LogP contribution in [-0.4, -0.2) is 30.9 Å². The van der Waals surface area contributed by atoms with Crippen molar-refractivity contribution in [2.45, 2.75) is 32.9 Å². The van der Waals surface area contributed by atoms with E-state index in [1.165, 1.54) is 6.07 Å². The lowest BCUT2D eigenvalue weighted by molar-refractivity contribution is -0.131. The molecule has 1 rings (SSSR count). The number of nitrogens with zero attached hydrogens (tertiary/aromatic N) is 1. The molecule has 0 aliphatic carbocycles. The minimum absolute atomic E-state index is 0.00747. The number of likely N-dealkylation sites (N-methyl/N-ethyl adjacent to an activating group) is 1. The number of hydrogen-bond acceptors (Lipinski definition) is 2. The standard InChI is InChI=1S/C15H22ClFN2O/c1-10(2)7-14(15(20)19(3)4)18-9-11-5-6-12(16)8-13(11)17/h5-6,8,10,14,18H,7,9H2,1-4H3. The summed E-state index contributed by atoms with van der Waals surface area (Å²) in [6.07, 6.45) is 0.715. The molecule has 0 aliphatic rings. The van der Waals surface area contributed by atoms with Gasteiger partial charge in [-0.2, -0.15) is 0 Å². The minimum atomic E-state index is -0.356. The van der Waals surface area contributed by atoms with E-state index in [9.17, 15) is 9.18 Å². The first-order chi connectivity index (χ1) is 9.31. The monoisotopic (exact) mass is 300 g/mol. The second-order valence-corrected chi connectivity index (χ2v) is 5.97. The summed E-state index contributed by atoms with van der Waals surface area (Å²) in [7, 11) is 3.44. The number of rotatable bonds is 6. The van der Waals surface area contributed by atoms with Crippen LogP contribution in [0.3, 0.4) is 0 Å². The number of carbonyl (C=O) groups is 1. The summed E-state index contributed by atoms with van der Waals surface area (Å²) in [5.41, 5.74) is 0.509. The van der Waals surface area contributed by atoms with E-state index in [4.69, 9.17) is 11.6 Å². The van der Waals surface area contributed by atoms with Gasteiger partial charge in [0, 0.05) is 31.2 Å². The van der Waals surface area contributed by atoms with E-state index in [1.807, 2.05) is 0 Å². The molecule has 1 unspecified atom stereocenters. The normalized spacial score (nSPS) is 12.6. The fraction of sp³-hybridized carbons (Fsp3) is 0.533. The van der Waals surface area contributed by atoms with Crippen LogP contribution in [-0.2, 0) is 11.3 Å². The second kappa shape index (κ2) is 7.60. The van der Waals surface area contributed by atoms with Crippen LogP contribution in [0.5, 0.6) is 0 Å². The molecule has 3 nitrogen and oxygen atoms in total. The highest BCUT2D eigenvalue weighted by Crippen LogP contribution is 2.15. The summed E-state index contributed by atoms with van der Waals surface area (Å²) in [6.45, 7) is 4.42. The van der Waals surface area contributed by atoms with Crippen molar-refractivity contribution in [1.82, 2.24) is 10.2 Å². The Bertz CT molecular complexity index is 463. The Hall–Kier alpha value is -1.13. The molecule has 1 amide bonds. The molecule has 1 aromatic rings. The van der Waals surface area contributed by atoms with Gasteiger partial charge in [0.2, 0.25) is 5.91 Å². The van der Waals surface area contributed by atoms with Crippen LogP contribution in [0.1, 0.15) is 25.8 Å². The zero-order valence-corrected chi connectivity index (χ0v) is 13.2. The van der Waals surface area contributed by atoms with E-state index < -0.39 is 0 Å². The maximum Gasteiger partial charge on any atom is 0.239 e. The van der Waals surface area contributed by atoms with Crippen LogP contribution in [0.15, 0.2) is 18.2 Å². The zero-order chi connectivity index (χ0) is 15.3. The van der Waals surface area contributed by atoms with Crippen molar-refractivity contribution in [2.75, 3.05) is 14.1 Å². The SMILES string of the molecule is CC(C)CC(NCc1ccc(Cl)cc1F)C(=O)N(C)C. The van der Waals surface area contributed by atoms with Gasteiger partial charge >= 0.3 is 0 Å². The molecule has 0 fully saturated rings. The van der Waals surface area contributed by atoms with Crippen LogP contribution in [0.4, 0.5) is 4.39 Å². The van der Waals surface area contributed by atoms with Gasteiger partial charge in [-0.25, -0.2) is 4.39 Å². The van der Waals surface area contributed by atoms with Crippen LogP contribution in [0.25, 0.3) is 0 Å². The van der Waals surface area contributed by atoms with Gasteiger partial charge in [0.25, 0.3) is 0 Å². The molecule has 0 saturated heterocycles. The Morgan fingerprint density at radius 1 is 1.40 bits per heavy atom. The van der Waals surface area contributed by atoms with Crippen LogP contribution >= 0.6 is 11.6 Å². The molecule has 0 aromatic heterocycles. The Morgan fingerprint density at radius 3 is 2.55 bits per heavy atom. The van der Waals surface area contributed by atoms with Gasteiger partial charge < -0.3 is 10.2 Å². The predicted molar refractivity (Wildman–Crippen MR) is 80.2 cm³/mol. The van der Waals surface area contributed by atoms with Gasteiger partial charge in [0.1, 0.15) is 5.82 Å². The lowest BCUT2D eigenvalue weighted by Crippen LogP contribution is -2.44. The van der Waals surface area contributed by atoms with Crippen molar-refractivity contribution in [3.05, 3.63) is 34.6 Å². The topological polar surface area (TPSA) is 32.3 Å². The Labute approximate surface area is 125 Å². The highest BCUT2D eigenvalue weighted by Gasteiger charge is 2.21. The third-order valence-electron chi connectivity index (χ3n) is 3.00. The van der Waals surface area contributed by atoms with Gasteiger partial charge in [0.15, 0.2) is 0 Å². The van der Waals surface area contributed by atoms with E-state index in [2.05, 4.69) is 19.2 Å². The maximum absolute atomic E-state index is 13.7. The summed E-state index contributed by atoms with van der Waals surface area (Å²) in [5, 5.41) is 3.50. The van der Waals surface area contributed by atoms with Gasteiger partial charge in [-0.1, -0.05) is 31.5 Å². The number of nitrogens with one attached hydrogen (secondary N) is 1. The lowest BCUT2D eigenvalue weighted by atomic mass is 10.0. The number of halogens is 2. The smallest absolute Gasteiger partial charge is 0.239 e. The molecule has 1 atom stereocenters. The molecule has 1 aromatic carbocycles. The number of carbonyl (C=O) groups excluding carboxylic acids is 1. The number of amides is 1. The largest absolute Gasteiger partial charge is 0.347 e. The average molecular weight is 301 g/mol. The Morgan fingerprint density at radius 2 is 2.05 bits per heavy atom. The third kappa shape index (κ3) is 5.10. The molecule has 5 heteroatoms. The van der Waals surface area contributed by atoms with Crippen molar-refractivity contribution in [2.24, 2.45) is 5.92 Å². The molecule has 20 heavy (non-hydrogen) atoms. The lowest BCUT2D eigenvalue weighted by Gasteiger charge is -2.23. The van der Waals surface area contributed by atoms with Gasteiger partial charge in [-0.15, -0.1) is 0 Å². The molecule has 0 radical (unpaired) electrons. The highest BCUT2D eigenvalue weighted by molar-refractivity contribution is 6.30. The molecular formula is C15H22ClFN2O. The minimum Gasteiger partial charge on any atom is -0.347 e. The molecule has 0 heterocycles. The van der Waals surface area contributed by atoms with E-state index in [0.717, 1.165) is 0 Å². The Balaban J connectivity index is 2.72. The Kier molecular flexibility index (Phi) is 6.43. The van der Waals surface area contributed by atoms with Crippen LogP contribution in [0, 0.1) is 11.7 Å². The summed E-state index contributed by atoms with van der Waals surface area (Å²) >= 11 is 5.72. The first-order valence-electron chi connectivity index (χ1n) is 6.69. The third-order valence-corrected chi connectivity index (χ3v) is 3.24. The van der Waals surface area contributed by atoms with Crippen molar-refractivity contribution < 1.29 is 9.18 Å². The van der Waals surface area contributed by atoms with Gasteiger partial charge in [-0.3, -0.25) is 4.79 Å². The highest BCUT2D eigenvalue weighted by atomic mass is 35.5. The first-order valence-corrected chi connectivity index (χ1v) is 7.07. The molecule has 0 bridgehead atoms. The summed E-state index contributed by atoms with van der Waals surface area (Å²) < 4.78 is 13.7. The zero-order valence-electron chi connectivity index (χ0n) is 12.4. The molecular weight excluding hydrogens is 279 g/mol. The fourth-order valence-electron chi connectivity index (χ4n) is 1.95. The first kappa shape index (κ1) is 16.9. The van der Waals surface area contributed by atoms with Crippen molar-refractivity contribution in [3.8, 4) is 0 Å². The van der Waals surface area contributed by atoms with Crippen molar-refractivity contribution in [1.29, 1.82) is 0 Å². The molecule has 0 spiro atoms. The van der Waals surface area contributed by atoms with E-state index in [1.54, 1.807) is 31.1 Å². The molecule has 0 saturated carbocycles. The summed E-state index contributed by atoms with van der Waals surface area (Å²) in [5.74, 6) is 0.0325. The average Bonchev–Trinajstić information content (AvgIpc) is 2.34. The van der Waals surface area contributed by atoms with Gasteiger partial charge in [0.05, 0.1) is 6.04 Å². The van der Waals surface area contributed by atoms with Gasteiger partial charge in [-0.05, 0) is 24.5 Å². The molecule has 0 aliphatic heterocycles.